The van der Waals surface area contributed by atoms with Gasteiger partial charge in [0.1, 0.15) is 11.8 Å². The Morgan fingerprint density at radius 2 is 2.16 bits per heavy atom. The molecule has 0 aromatic carbocycles. The van der Waals surface area contributed by atoms with E-state index in [1.165, 1.54) is 4.88 Å². The lowest BCUT2D eigenvalue weighted by atomic mass is 10.1. The fourth-order valence-corrected chi connectivity index (χ4v) is 4.57. The first-order valence-corrected chi connectivity index (χ1v) is 9.32. The van der Waals surface area contributed by atoms with Gasteiger partial charge in [-0.15, -0.1) is 47.5 Å². The number of aromatic nitrogens is 1. The summed E-state index contributed by atoms with van der Waals surface area (Å²) in [6.07, 6.45) is 0.519. The topological polar surface area (TPSA) is 50.9 Å². The van der Waals surface area contributed by atoms with E-state index in [0.29, 0.717) is 11.6 Å². The molecule has 1 atom stereocenters. The van der Waals surface area contributed by atoms with E-state index in [-0.39, 0.29) is 24.8 Å². The summed E-state index contributed by atoms with van der Waals surface area (Å²) >= 11 is 9.49. The van der Waals surface area contributed by atoms with Crippen LogP contribution < -0.4 is 11.1 Å². The summed E-state index contributed by atoms with van der Waals surface area (Å²) in [6, 6.07) is 5.48. The van der Waals surface area contributed by atoms with E-state index in [2.05, 4.69) is 21.7 Å². The smallest absolute Gasteiger partial charge is 0.131 e. The molecule has 9 heteroatoms. The van der Waals surface area contributed by atoms with Gasteiger partial charge in [0, 0.05) is 28.4 Å². The average molecular weight is 443 g/mol. The standard InChI is InChI=1S/C16H17ClFN3S2.2ClH/c1-9-13(5-10(19)7-18)23-16-12(6-14(17)21-15(9)16)20-8-11-3-2-4-22-11;;/h2-4,6,10H,5,7-8,19H2,1H3,(H,20,21);2*1H/t10-;;/m1../s1. The van der Waals surface area contributed by atoms with Crippen LogP contribution in [0.25, 0.3) is 10.2 Å². The number of alkyl halides is 1. The van der Waals surface area contributed by atoms with Gasteiger partial charge in [-0.1, -0.05) is 17.7 Å². The second-order valence-electron chi connectivity index (χ2n) is 5.37. The highest BCUT2D eigenvalue weighted by atomic mass is 35.5. The largest absolute Gasteiger partial charge is 0.379 e. The quantitative estimate of drug-likeness (QED) is 0.487. The van der Waals surface area contributed by atoms with Crippen molar-refractivity contribution < 1.29 is 4.39 Å². The van der Waals surface area contributed by atoms with E-state index in [1.54, 1.807) is 22.7 Å². The second-order valence-corrected chi connectivity index (χ2v) is 7.90. The van der Waals surface area contributed by atoms with Gasteiger partial charge >= 0.3 is 0 Å². The Labute approximate surface area is 171 Å². The van der Waals surface area contributed by atoms with Crippen molar-refractivity contribution in [3.05, 3.63) is 44.1 Å². The minimum atomic E-state index is -0.522. The predicted molar refractivity (Wildman–Crippen MR) is 113 cm³/mol. The Morgan fingerprint density at radius 3 is 2.80 bits per heavy atom. The molecule has 0 bridgehead atoms. The summed E-state index contributed by atoms with van der Waals surface area (Å²) in [7, 11) is 0. The van der Waals surface area contributed by atoms with Crippen LogP contribution in [0.1, 0.15) is 15.3 Å². The third kappa shape index (κ3) is 5.18. The number of hydrogen-bond donors (Lipinski definition) is 2. The van der Waals surface area contributed by atoms with E-state index in [0.717, 1.165) is 32.9 Å². The minimum Gasteiger partial charge on any atom is -0.379 e. The Balaban J connectivity index is 0.00000156. The minimum absolute atomic E-state index is 0. The molecule has 3 rings (SSSR count). The average Bonchev–Trinajstić information content (AvgIpc) is 3.15. The first-order chi connectivity index (χ1) is 11.1. The summed E-state index contributed by atoms with van der Waals surface area (Å²) in [6.45, 7) is 2.21. The zero-order valence-corrected chi connectivity index (χ0v) is 17.4. The lowest BCUT2D eigenvalue weighted by Crippen LogP contribution is -2.24. The molecule has 0 radical (unpaired) electrons. The summed E-state index contributed by atoms with van der Waals surface area (Å²) in [5, 5.41) is 5.94. The fraction of sp³-hybridized carbons (Fsp3) is 0.312. The Morgan fingerprint density at radius 1 is 1.40 bits per heavy atom. The van der Waals surface area contributed by atoms with Gasteiger partial charge in [0.2, 0.25) is 0 Å². The molecular formula is C16H19Cl3FN3S2. The van der Waals surface area contributed by atoms with Crippen molar-refractivity contribution in [1.29, 1.82) is 0 Å². The normalized spacial score (nSPS) is 11.7. The maximum Gasteiger partial charge on any atom is 0.131 e. The van der Waals surface area contributed by atoms with Gasteiger partial charge in [-0.25, -0.2) is 9.37 Å². The first-order valence-electron chi connectivity index (χ1n) is 7.24. The van der Waals surface area contributed by atoms with E-state index in [4.69, 9.17) is 17.3 Å². The van der Waals surface area contributed by atoms with Gasteiger partial charge in [0.05, 0.1) is 15.9 Å². The number of nitrogens with one attached hydrogen (secondary N) is 1. The van der Waals surface area contributed by atoms with Gasteiger partial charge in [0.25, 0.3) is 0 Å². The highest BCUT2D eigenvalue weighted by molar-refractivity contribution is 7.19. The molecule has 3 heterocycles. The van der Waals surface area contributed by atoms with Crippen molar-refractivity contribution in [3.63, 3.8) is 0 Å². The third-order valence-corrected chi connectivity index (χ3v) is 6.03. The van der Waals surface area contributed by atoms with Gasteiger partial charge in [0.15, 0.2) is 0 Å². The van der Waals surface area contributed by atoms with Crippen molar-refractivity contribution >= 4 is 75.0 Å². The molecule has 25 heavy (non-hydrogen) atoms. The Kier molecular flexibility index (Phi) is 8.87. The lowest BCUT2D eigenvalue weighted by molar-refractivity contribution is 0.428. The lowest BCUT2D eigenvalue weighted by Gasteiger charge is -2.06. The zero-order chi connectivity index (χ0) is 16.4. The predicted octanol–water partition coefficient (Wildman–Crippen LogP) is 5.61. The molecule has 3 aromatic rings. The monoisotopic (exact) mass is 441 g/mol. The van der Waals surface area contributed by atoms with Crippen molar-refractivity contribution in [2.75, 3.05) is 12.0 Å². The Hall–Kier alpha value is -0.630. The summed E-state index contributed by atoms with van der Waals surface area (Å²) in [5.41, 5.74) is 8.63. The molecule has 0 saturated heterocycles. The van der Waals surface area contributed by atoms with Gasteiger partial charge in [-0.3, -0.25) is 0 Å². The number of rotatable bonds is 6. The van der Waals surface area contributed by atoms with Crippen LogP contribution in [0.2, 0.25) is 5.15 Å². The van der Waals surface area contributed by atoms with Crippen LogP contribution in [0.3, 0.4) is 0 Å². The molecular weight excluding hydrogens is 424 g/mol. The molecule has 0 aliphatic rings. The highest BCUT2D eigenvalue weighted by Crippen LogP contribution is 2.37. The van der Waals surface area contributed by atoms with Gasteiger partial charge in [-0.2, -0.15) is 0 Å². The van der Waals surface area contributed by atoms with Crippen molar-refractivity contribution in [2.45, 2.75) is 25.9 Å². The maximum absolute atomic E-state index is 12.7. The molecule has 0 fully saturated rings. The molecule has 0 spiro atoms. The third-order valence-electron chi connectivity index (χ3n) is 3.62. The van der Waals surface area contributed by atoms with E-state index >= 15 is 0 Å². The number of nitrogens with zero attached hydrogens (tertiary/aromatic N) is 1. The molecule has 3 nitrogen and oxygen atoms in total. The number of anilines is 1. The molecule has 0 amide bonds. The Bertz CT molecular complexity index is 809. The number of halogens is 4. The number of fused-ring (bicyclic) bond motifs is 1. The second kappa shape index (κ2) is 9.90. The zero-order valence-electron chi connectivity index (χ0n) is 13.4. The molecule has 0 saturated carbocycles. The number of thiophene rings is 2. The maximum atomic E-state index is 12.7. The summed E-state index contributed by atoms with van der Waals surface area (Å²) in [4.78, 5) is 6.76. The number of nitrogens with two attached hydrogens (primary N) is 1. The van der Waals surface area contributed by atoms with Gasteiger partial charge < -0.3 is 11.1 Å². The SMILES string of the molecule is Cc1c(C[C@@H](N)CF)sc2c(NCc3cccs3)cc(Cl)nc12.Cl.Cl. The number of hydrogen-bond acceptors (Lipinski definition) is 5. The fourth-order valence-electron chi connectivity index (χ4n) is 2.41. The summed E-state index contributed by atoms with van der Waals surface area (Å²) in [5.74, 6) is 0. The molecule has 3 N–H and O–H groups in total. The van der Waals surface area contributed by atoms with E-state index in [1.807, 2.05) is 19.1 Å². The molecule has 0 aliphatic carbocycles. The van der Waals surface area contributed by atoms with Crippen molar-refractivity contribution in [2.24, 2.45) is 5.73 Å². The van der Waals surface area contributed by atoms with Crippen molar-refractivity contribution in [3.8, 4) is 0 Å². The van der Waals surface area contributed by atoms with Crippen molar-refractivity contribution in [1.82, 2.24) is 4.98 Å². The molecule has 0 aliphatic heterocycles. The summed E-state index contributed by atoms with van der Waals surface area (Å²) < 4.78 is 13.8. The van der Waals surface area contributed by atoms with Crippen LogP contribution >= 0.6 is 59.1 Å². The van der Waals surface area contributed by atoms with Crippen LogP contribution in [-0.4, -0.2) is 17.7 Å². The van der Waals surface area contributed by atoms with E-state index in [9.17, 15) is 4.39 Å². The first kappa shape index (κ1) is 22.4. The molecule has 0 unspecified atom stereocenters. The van der Waals surface area contributed by atoms with E-state index < -0.39 is 12.7 Å². The highest BCUT2D eigenvalue weighted by Gasteiger charge is 2.16. The van der Waals surface area contributed by atoms with Gasteiger partial charge in [-0.05, 0) is 30.4 Å². The van der Waals surface area contributed by atoms with Crippen LogP contribution in [0.5, 0.6) is 0 Å². The molecule has 138 valence electrons. The number of aryl methyl sites for hydroxylation is 1. The van der Waals surface area contributed by atoms with Crippen LogP contribution in [0, 0.1) is 6.92 Å². The number of pyridine rings is 1. The van der Waals surface area contributed by atoms with Crippen LogP contribution in [0.15, 0.2) is 23.6 Å². The van der Waals surface area contributed by atoms with Crippen LogP contribution in [0.4, 0.5) is 10.1 Å². The van der Waals surface area contributed by atoms with Crippen LogP contribution in [-0.2, 0) is 13.0 Å². The molecule has 3 aromatic heterocycles.